The molecule has 1 N–H and O–H groups in total. The van der Waals surface area contributed by atoms with Gasteiger partial charge in [0.2, 0.25) is 0 Å². The summed E-state index contributed by atoms with van der Waals surface area (Å²) in [6.45, 7) is 0. The summed E-state index contributed by atoms with van der Waals surface area (Å²) in [6.07, 6.45) is 3.40. The number of aromatic nitrogens is 2. The summed E-state index contributed by atoms with van der Waals surface area (Å²) in [6, 6.07) is 6.15. The molecule has 2 aromatic rings. The van der Waals surface area contributed by atoms with E-state index in [9.17, 15) is 0 Å². The number of nitrogens with zero attached hydrogens (tertiary/aromatic N) is 1. The van der Waals surface area contributed by atoms with Gasteiger partial charge in [0, 0.05) is 29.0 Å². The van der Waals surface area contributed by atoms with Gasteiger partial charge >= 0.3 is 0 Å². The maximum absolute atomic E-state index is 5.94. The molecule has 2 rings (SSSR count). The summed E-state index contributed by atoms with van der Waals surface area (Å²) in [7, 11) is 0. The molecule has 0 unspecified atom stereocenters. The largest absolute Gasteiger partial charge is 0.345 e. The van der Waals surface area contributed by atoms with Gasteiger partial charge in [0.1, 0.15) is 5.82 Å². The van der Waals surface area contributed by atoms with Crippen molar-refractivity contribution in [1.82, 2.24) is 9.97 Å². The van der Waals surface area contributed by atoms with Crippen LogP contribution in [0.3, 0.4) is 0 Å². The van der Waals surface area contributed by atoms with Crippen LogP contribution in [-0.2, 0) is 0 Å². The third kappa shape index (κ3) is 1.69. The first-order valence-electron chi connectivity index (χ1n) is 3.64. The van der Waals surface area contributed by atoms with Crippen molar-refractivity contribution in [3.63, 3.8) is 0 Å². The number of nitrogens with one attached hydrogen (secondary N) is 1. The van der Waals surface area contributed by atoms with Crippen LogP contribution in [0.1, 0.15) is 0 Å². The van der Waals surface area contributed by atoms with Gasteiger partial charge in [-0.15, -0.1) is 0 Å². The maximum atomic E-state index is 5.94. The van der Waals surface area contributed by atoms with Gasteiger partial charge in [-0.25, -0.2) is 4.98 Å². The van der Waals surface area contributed by atoms with Gasteiger partial charge in [0.15, 0.2) is 0 Å². The lowest BCUT2D eigenvalue weighted by Crippen LogP contribution is -1.81. The molecular weight excluding hydrogens is 207 g/mol. The molecule has 1 radical (unpaired) electrons. The van der Waals surface area contributed by atoms with Gasteiger partial charge in [-0.3, -0.25) is 0 Å². The van der Waals surface area contributed by atoms with Crippen LogP contribution in [0.25, 0.3) is 11.4 Å². The lowest BCUT2D eigenvalue weighted by molar-refractivity contribution is 1.31. The fourth-order valence-corrected chi connectivity index (χ4v) is 1.40. The van der Waals surface area contributed by atoms with Gasteiger partial charge in [0.25, 0.3) is 0 Å². The van der Waals surface area contributed by atoms with Crippen molar-refractivity contribution in [1.29, 1.82) is 0 Å². The summed E-state index contributed by atoms with van der Waals surface area (Å²) in [5.74, 6) is 0.709. The minimum atomic E-state index is 0.524. The van der Waals surface area contributed by atoms with Crippen molar-refractivity contribution >= 4 is 23.2 Å². The number of hydrogen-bond donors (Lipinski definition) is 1. The summed E-state index contributed by atoms with van der Waals surface area (Å²) >= 11 is 11.7. The molecule has 65 valence electrons. The summed E-state index contributed by atoms with van der Waals surface area (Å²) in [5.41, 5.74) is 0.787. The van der Waals surface area contributed by atoms with Crippen molar-refractivity contribution in [2.45, 2.75) is 0 Å². The van der Waals surface area contributed by atoms with E-state index < -0.39 is 0 Å². The topological polar surface area (TPSA) is 28.7 Å². The molecule has 0 saturated carbocycles. The molecule has 13 heavy (non-hydrogen) atoms. The van der Waals surface area contributed by atoms with Gasteiger partial charge in [0.05, 0.1) is 5.02 Å². The van der Waals surface area contributed by atoms with Crippen LogP contribution in [-0.4, -0.2) is 9.97 Å². The molecule has 1 heterocycles. The van der Waals surface area contributed by atoms with E-state index in [1.807, 2.05) is 0 Å². The van der Waals surface area contributed by atoms with Crippen molar-refractivity contribution in [2.24, 2.45) is 0 Å². The van der Waals surface area contributed by atoms with Crippen LogP contribution in [0.2, 0.25) is 10.0 Å². The number of aromatic amines is 1. The van der Waals surface area contributed by atoms with Crippen molar-refractivity contribution in [3.05, 3.63) is 40.6 Å². The van der Waals surface area contributed by atoms with E-state index in [0.717, 1.165) is 5.56 Å². The standard InChI is InChI=1S/C9H5Cl2N2/c10-6-1-2-8(11)7(5-6)9-12-3-4-13-9/h2-5H,(H,12,13). The zero-order chi connectivity index (χ0) is 9.26. The highest BCUT2D eigenvalue weighted by Crippen LogP contribution is 2.27. The highest BCUT2D eigenvalue weighted by Gasteiger charge is 2.05. The molecule has 0 aliphatic heterocycles. The Labute approximate surface area is 85.5 Å². The molecular formula is C9H5Cl2N2. The number of hydrogen-bond acceptors (Lipinski definition) is 1. The maximum Gasteiger partial charge on any atom is 0.138 e. The second-order valence-electron chi connectivity index (χ2n) is 2.48. The molecule has 0 fully saturated rings. The number of H-pyrrole nitrogens is 1. The van der Waals surface area contributed by atoms with Crippen LogP contribution >= 0.6 is 23.2 Å². The second kappa shape index (κ2) is 3.40. The molecule has 2 nitrogen and oxygen atoms in total. The Hall–Kier alpha value is -0.990. The average molecular weight is 212 g/mol. The fraction of sp³-hybridized carbons (Fsp3) is 0. The van der Waals surface area contributed by atoms with Gasteiger partial charge in [-0.2, -0.15) is 0 Å². The van der Waals surface area contributed by atoms with E-state index in [1.165, 1.54) is 0 Å². The van der Waals surface area contributed by atoms with Crippen LogP contribution < -0.4 is 0 Å². The molecule has 4 heteroatoms. The molecule has 0 saturated heterocycles. The van der Waals surface area contributed by atoms with Crippen LogP contribution in [0, 0.1) is 6.07 Å². The van der Waals surface area contributed by atoms with Gasteiger partial charge < -0.3 is 4.98 Å². The number of benzene rings is 1. The van der Waals surface area contributed by atoms with Crippen LogP contribution in [0.15, 0.2) is 24.5 Å². The first-order chi connectivity index (χ1) is 6.27. The van der Waals surface area contributed by atoms with Crippen LogP contribution in [0.4, 0.5) is 0 Å². The predicted octanol–water partition coefficient (Wildman–Crippen LogP) is 3.18. The molecule has 0 aliphatic rings. The molecule has 0 spiro atoms. The predicted molar refractivity (Wildman–Crippen MR) is 52.9 cm³/mol. The van der Waals surface area contributed by atoms with E-state index in [4.69, 9.17) is 23.2 Å². The van der Waals surface area contributed by atoms with Crippen molar-refractivity contribution in [2.75, 3.05) is 0 Å². The Morgan fingerprint density at radius 2 is 2.23 bits per heavy atom. The number of imidazole rings is 1. The summed E-state index contributed by atoms with van der Waals surface area (Å²) in [5, 5.41) is 1.11. The second-order valence-corrected chi connectivity index (χ2v) is 3.29. The molecule has 0 bridgehead atoms. The highest BCUT2D eigenvalue weighted by atomic mass is 35.5. The van der Waals surface area contributed by atoms with E-state index in [-0.39, 0.29) is 0 Å². The molecule has 0 aliphatic carbocycles. The molecule has 1 aromatic carbocycles. The Bertz CT molecular complexity index is 410. The lowest BCUT2D eigenvalue weighted by atomic mass is 10.2. The Morgan fingerprint density at radius 3 is 2.92 bits per heavy atom. The zero-order valence-electron chi connectivity index (χ0n) is 6.51. The lowest BCUT2D eigenvalue weighted by Gasteiger charge is -1.99. The third-order valence-electron chi connectivity index (χ3n) is 1.62. The van der Waals surface area contributed by atoms with E-state index >= 15 is 0 Å². The van der Waals surface area contributed by atoms with E-state index in [2.05, 4.69) is 16.0 Å². The Balaban J connectivity index is 2.57. The normalized spacial score (nSPS) is 10.3. The quantitative estimate of drug-likeness (QED) is 0.772. The zero-order valence-corrected chi connectivity index (χ0v) is 8.02. The monoisotopic (exact) mass is 211 g/mol. The van der Waals surface area contributed by atoms with Crippen LogP contribution in [0.5, 0.6) is 0 Å². The molecule has 0 atom stereocenters. The molecule has 0 amide bonds. The smallest absolute Gasteiger partial charge is 0.138 e. The minimum Gasteiger partial charge on any atom is -0.345 e. The number of rotatable bonds is 1. The van der Waals surface area contributed by atoms with Crippen molar-refractivity contribution in [3.8, 4) is 11.4 Å². The fourth-order valence-electron chi connectivity index (χ4n) is 1.04. The Kier molecular flexibility index (Phi) is 2.25. The molecule has 1 aromatic heterocycles. The summed E-state index contributed by atoms with van der Waals surface area (Å²) in [4.78, 5) is 7.03. The van der Waals surface area contributed by atoms with E-state index in [0.29, 0.717) is 15.9 Å². The Morgan fingerprint density at radius 1 is 1.38 bits per heavy atom. The van der Waals surface area contributed by atoms with E-state index in [1.54, 1.807) is 24.5 Å². The average Bonchev–Trinajstić information content (AvgIpc) is 2.61. The van der Waals surface area contributed by atoms with Gasteiger partial charge in [-0.1, -0.05) is 23.2 Å². The first kappa shape index (κ1) is 8.60. The van der Waals surface area contributed by atoms with Crippen molar-refractivity contribution < 1.29 is 0 Å². The minimum absolute atomic E-state index is 0.524. The summed E-state index contributed by atoms with van der Waals surface area (Å²) < 4.78 is 0. The number of halogens is 2. The van der Waals surface area contributed by atoms with Gasteiger partial charge in [-0.05, 0) is 12.1 Å². The first-order valence-corrected chi connectivity index (χ1v) is 4.39. The third-order valence-corrected chi connectivity index (χ3v) is 2.15. The SMILES string of the molecule is Clc1[c]cc(Cl)c(-c2ncc[nH]2)c1. The highest BCUT2D eigenvalue weighted by molar-refractivity contribution is 6.35.